The van der Waals surface area contributed by atoms with Crippen LogP contribution < -0.4 is 5.73 Å². The van der Waals surface area contributed by atoms with Crippen molar-refractivity contribution in [2.24, 2.45) is 11.7 Å². The largest absolute Gasteiger partial charge is 0.469 e. The van der Waals surface area contributed by atoms with E-state index in [1.807, 2.05) is 0 Å². The van der Waals surface area contributed by atoms with Gasteiger partial charge in [-0.05, 0) is 12.8 Å². The van der Waals surface area contributed by atoms with Crippen LogP contribution in [0.1, 0.15) is 19.8 Å². The number of rotatable bonds is 4. The summed E-state index contributed by atoms with van der Waals surface area (Å²) in [5.74, 6) is -0.707. The first kappa shape index (κ1) is 12.0. The van der Waals surface area contributed by atoms with Gasteiger partial charge in [0.15, 0.2) is 0 Å². The Morgan fingerprint density at radius 2 is 2.07 bits per heavy atom. The van der Waals surface area contributed by atoms with Gasteiger partial charge in [-0.1, -0.05) is 6.92 Å². The Kier molecular flexibility index (Phi) is 3.34. The molecule has 1 aliphatic carbocycles. The van der Waals surface area contributed by atoms with Crippen molar-refractivity contribution in [2.75, 3.05) is 20.7 Å². The molecule has 1 amide bonds. The molecular formula is C10H18N2O3. The van der Waals surface area contributed by atoms with E-state index in [9.17, 15) is 9.59 Å². The lowest BCUT2D eigenvalue weighted by Crippen LogP contribution is -2.46. The van der Waals surface area contributed by atoms with Gasteiger partial charge >= 0.3 is 5.97 Å². The van der Waals surface area contributed by atoms with Gasteiger partial charge in [-0.3, -0.25) is 9.59 Å². The summed E-state index contributed by atoms with van der Waals surface area (Å²) in [5, 5.41) is 0. The third kappa shape index (κ3) is 2.68. The van der Waals surface area contributed by atoms with Crippen molar-refractivity contribution < 1.29 is 14.3 Å². The molecule has 0 aliphatic heterocycles. The highest BCUT2D eigenvalue weighted by molar-refractivity contribution is 5.89. The molecule has 0 aromatic rings. The van der Waals surface area contributed by atoms with Crippen LogP contribution in [0.4, 0.5) is 0 Å². The van der Waals surface area contributed by atoms with E-state index in [0.29, 0.717) is 6.54 Å². The van der Waals surface area contributed by atoms with Crippen molar-refractivity contribution in [1.82, 2.24) is 4.90 Å². The van der Waals surface area contributed by atoms with Gasteiger partial charge in [0.05, 0.1) is 18.6 Å². The van der Waals surface area contributed by atoms with Gasteiger partial charge in [0.25, 0.3) is 0 Å². The number of carbonyl (C=O) groups is 2. The zero-order chi connectivity index (χ0) is 11.6. The highest BCUT2D eigenvalue weighted by Gasteiger charge is 2.47. The molecule has 0 radical (unpaired) electrons. The van der Waals surface area contributed by atoms with Gasteiger partial charge in [0, 0.05) is 13.6 Å². The minimum absolute atomic E-state index is 0.0850. The molecule has 1 saturated carbocycles. The summed E-state index contributed by atoms with van der Waals surface area (Å²) in [7, 11) is 3.00. The van der Waals surface area contributed by atoms with E-state index in [0.717, 1.165) is 12.8 Å². The van der Waals surface area contributed by atoms with Gasteiger partial charge in [-0.15, -0.1) is 0 Å². The van der Waals surface area contributed by atoms with Crippen LogP contribution in [0, 0.1) is 5.92 Å². The molecule has 5 nitrogen and oxygen atoms in total. The Morgan fingerprint density at radius 3 is 2.47 bits per heavy atom. The van der Waals surface area contributed by atoms with Crippen molar-refractivity contribution in [3.05, 3.63) is 0 Å². The van der Waals surface area contributed by atoms with Crippen LogP contribution in [0.25, 0.3) is 0 Å². The molecule has 0 heterocycles. The predicted molar refractivity (Wildman–Crippen MR) is 55.0 cm³/mol. The lowest BCUT2D eigenvalue weighted by molar-refractivity contribution is -0.146. The Morgan fingerprint density at radius 1 is 1.53 bits per heavy atom. The molecule has 0 bridgehead atoms. The maximum absolute atomic E-state index is 11.7. The van der Waals surface area contributed by atoms with Crippen molar-refractivity contribution in [3.63, 3.8) is 0 Å². The average Bonchev–Trinajstić information content (AvgIpc) is 2.95. The molecule has 1 atom stereocenters. The quantitative estimate of drug-likeness (QED) is 0.655. The van der Waals surface area contributed by atoms with E-state index in [1.54, 1.807) is 14.0 Å². The second-order valence-electron chi connectivity index (χ2n) is 4.27. The van der Waals surface area contributed by atoms with Crippen molar-refractivity contribution in [2.45, 2.75) is 25.3 Å². The van der Waals surface area contributed by atoms with Crippen LogP contribution in [0.2, 0.25) is 0 Å². The van der Waals surface area contributed by atoms with Crippen LogP contribution in [0.15, 0.2) is 0 Å². The number of likely N-dealkylation sites (N-methyl/N-ethyl adjacent to an activating group) is 1. The zero-order valence-corrected chi connectivity index (χ0v) is 9.45. The summed E-state index contributed by atoms with van der Waals surface area (Å²) < 4.78 is 4.59. The molecule has 1 rings (SSSR count). The highest BCUT2D eigenvalue weighted by atomic mass is 16.5. The number of nitrogens with zero attached hydrogens (tertiary/aromatic N) is 1. The number of esters is 1. The molecule has 0 saturated heterocycles. The molecule has 86 valence electrons. The predicted octanol–water partition coefficient (Wildman–Crippen LogP) is -0.255. The number of amides is 1. The minimum Gasteiger partial charge on any atom is -0.469 e. The fourth-order valence-electron chi connectivity index (χ4n) is 1.50. The first-order valence-electron chi connectivity index (χ1n) is 5.03. The zero-order valence-electron chi connectivity index (χ0n) is 9.45. The summed E-state index contributed by atoms with van der Waals surface area (Å²) in [6.45, 7) is 2.08. The number of hydrogen-bond acceptors (Lipinski definition) is 4. The smallest absolute Gasteiger partial charge is 0.310 e. The van der Waals surface area contributed by atoms with E-state index in [-0.39, 0.29) is 17.8 Å². The van der Waals surface area contributed by atoms with Gasteiger partial charge in [0.1, 0.15) is 0 Å². The molecule has 1 fully saturated rings. The SMILES string of the molecule is COC(=O)C(C)CN(C)C(=O)C1(N)CC1. The number of hydrogen-bond donors (Lipinski definition) is 1. The van der Waals surface area contributed by atoms with Gasteiger partial charge in [-0.25, -0.2) is 0 Å². The lowest BCUT2D eigenvalue weighted by Gasteiger charge is -2.23. The Labute approximate surface area is 89.6 Å². The maximum atomic E-state index is 11.7. The molecule has 0 spiro atoms. The van der Waals surface area contributed by atoms with Crippen LogP contribution in [0.5, 0.6) is 0 Å². The summed E-state index contributed by atoms with van der Waals surface area (Å²) in [6.07, 6.45) is 1.48. The third-order valence-electron chi connectivity index (χ3n) is 2.71. The molecule has 5 heteroatoms. The standard InChI is InChI=1S/C10H18N2O3/c1-7(8(13)15-3)6-12(2)9(14)10(11)4-5-10/h7H,4-6,11H2,1-3H3. The molecule has 1 aliphatic rings. The Balaban J connectivity index is 2.44. The van der Waals surface area contributed by atoms with Gasteiger partial charge in [-0.2, -0.15) is 0 Å². The molecule has 15 heavy (non-hydrogen) atoms. The number of ether oxygens (including phenoxy) is 1. The molecule has 0 aromatic heterocycles. The fraction of sp³-hybridized carbons (Fsp3) is 0.800. The van der Waals surface area contributed by atoms with Crippen molar-refractivity contribution >= 4 is 11.9 Å². The molecule has 1 unspecified atom stereocenters. The maximum Gasteiger partial charge on any atom is 0.310 e. The summed E-state index contributed by atoms with van der Waals surface area (Å²) in [5.41, 5.74) is 5.11. The van der Waals surface area contributed by atoms with Crippen LogP contribution in [0.3, 0.4) is 0 Å². The van der Waals surface area contributed by atoms with Crippen LogP contribution >= 0.6 is 0 Å². The number of nitrogens with two attached hydrogens (primary N) is 1. The van der Waals surface area contributed by atoms with Crippen molar-refractivity contribution in [3.8, 4) is 0 Å². The fourth-order valence-corrected chi connectivity index (χ4v) is 1.50. The van der Waals surface area contributed by atoms with Gasteiger partial charge < -0.3 is 15.4 Å². The normalized spacial score (nSPS) is 19.2. The van der Waals surface area contributed by atoms with Crippen LogP contribution in [-0.4, -0.2) is 43.0 Å². The summed E-state index contributed by atoms with van der Waals surface area (Å²) in [4.78, 5) is 24.4. The topological polar surface area (TPSA) is 72.6 Å². The van der Waals surface area contributed by atoms with E-state index in [2.05, 4.69) is 4.74 Å². The second-order valence-corrected chi connectivity index (χ2v) is 4.27. The number of carbonyl (C=O) groups excluding carboxylic acids is 2. The molecular weight excluding hydrogens is 196 g/mol. The summed E-state index contributed by atoms with van der Waals surface area (Å²) >= 11 is 0. The van der Waals surface area contributed by atoms with E-state index < -0.39 is 5.54 Å². The molecule has 2 N–H and O–H groups in total. The molecule has 0 aromatic carbocycles. The van der Waals surface area contributed by atoms with Crippen LogP contribution in [-0.2, 0) is 14.3 Å². The average molecular weight is 214 g/mol. The highest BCUT2D eigenvalue weighted by Crippen LogP contribution is 2.33. The third-order valence-corrected chi connectivity index (χ3v) is 2.71. The monoisotopic (exact) mass is 214 g/mol. The summed E-state index contributed by atoms with van der Waals surface area (Å²) in [6, 6.07) is 0. The van der Waals surface area contributed by atoms with Gasteiger partial charge in [0.2, 0.25) is 5.91 Å². The van der Waals surface area contributed by atoms with E-state index in [1.165, 1.54) is 12.0 Å². The van der Waals surface area contributed by atoms with Crippen molar-refractivity contribution in [1.29, 1.82) is 0 Å². The number of methoxy groups -OCH3 is 1. The Bertz CT molecular complexity index is 274. The lowest BCUT2D eigenvalue weighted by atomic mass is 10.1. The first-order chi connectivity index (χ1) is 6.90. The second kappa shape index (κ2) is 4.18. The Hall–Kier alpha value is -1.10. The minimum atomic E-state index is -0.662. The van der Waals surface area contributed by atoms with E-state index >= 15 is 0 Å². The van der Waals surface area contributed by atoms with E-state index in [4.69, 9.17) is 5.73 Å². The first-order valence-corrected chi connectivity index (χ1v) is 5.03.